The minimum Gasteiger partial charge on any atom is -0.303 e. The molecule has 0 bridgehead atoms. The molecule has 0 aliphatic carbocycles. The second kappa shape index (κ2) is 12.7. The Bertz CT molecular complexity index is 202. The molecule has 1 aliphatic heterocycles. The maximum Gasteiger partial charge on any atom is 0.00926 e. The fraction of sp³-hybridized carbons (Fsp3) is 1.00. The van der Waals surface area contributed by atoms with E-state index in [2.05, 4.69) is 18.9 Å². The van der Waals surface area contributed by atoms with Crippen LogP contribution in [0.25, 0.3) is 0 Å². The Hall–Kier alpha value is -0.0400. The zero-order valence-electron chi connectivity index (χ0n) is 14.3. The average Bonchev–Trinajstić information content (AvgIpc) is 2.85. The van der Waals surface area contributed by atoms with E-state index in [0.717, 1.165) is 6.04 Å². The molecular weight excluding hydrogens is 242 g/mol. The van der Waals surface area contributed by atoms with Crippen LogP contribution in [-0.4, -0.2) is 24.5 Å². The molecule has 1 nitrogen and oxygen atoms in total. The summed E-state index contributed by atoms with van der Waals surface area (Å²) >= 11 is 0. The molecule has 0 saturated carbocycles. The summed E-state index contributed by atoms with van der Waals surface area (Å²) in [5.41, 5.74) is 0. The van der Waals surface area contributed by atoms with E-state index in [1.54, 1.807) is 0 Å². The van der Waals surface area contributed by atoms with Crippen LogP contribution >= 0.6 is 0 Å². The quantitative estimate of drug-likeness (QED) is 0.365. The van der Waals surface area contributed by atoms with Crippen molar-refractivity contribution in [3.05, 3.63) is 0 Å². The standard InChI is InChI=1S/C19H39N/c1-3-4-5-6-7-8-9-10-11-12-13-14-16-19-17-15-18-20(19)2/h19H,3-18H2,1-2H3. The van der Waals surface area contributed by atoms with Crippen LogP contribution in [0.5, 0.6) is 0 Å². The van der Waals surface area contributed by atoms with Gasteiger partial charge in [-0.25, -0.2) is 0 Å². The first-order chi connectivity index (χ1) is 9.84. The molecule has 20 heavy (non-hydrogen) atoms. The topological polar surface area (TPSA) is 3.24 Å². The third kappa shape index (κ3) is 9.00. The van der Waals surface area contributed by atoms with Gasteiger partial charge < -0.3 is 4.90 Å². The maximum absolute atomic E-state index is 2.57. The molecule has 1 heterocycles. The van der Waals surface area contributed by atoms with E-state index >= 15 is 0 Å². The fourth-order valence-electron chi connectivity index (χ4n) is 3.56. The highest BCUT2D eigenvalue weighted by Gasteiger charge is 2.19. The monoisotopic (exact) mass is 281 g/mol. The number of nitrogens with zero attached hydrogens (tertiary/aromatic N) is 1. The molecule has 0 N–H and O–H groups in total. The van der Waals surface area contributed by atoms with Crippen LogP contribution in [-0.2, 0) is 0 Å². The van der Waals surface area contributed by atoms with E-state index < -0.39 is 0 Å². The molecular formula is C19H39N. The van der Waals surface area contributed by atoms with Crippen molar-refractivity contribution in [3.63, 3.8) is 0 Å². The number of hydrogen-bond donors (Lipinski definition) is 0. The van der Waals surface area contributed by atoms with Crippen LogP contribution < -0.4 is 0 Å². The van der Waals surface area contributed by atoms with Gasteiger partial charge in [-0.15, -0.1) is 0 Å². The van der Waals surface area contributed by atoms with Gasteiger partial charge in [0.2, 0.25) is 0 Å². The van der Waals surface area contributed by atoms with Crippen molar-refractivity contribution in [2.45, 2.75) is 109 Å². The molecule has 1 aliphatic rings. The lowest BCUT2D eigenvalue weighted by Gasteiger charge is -2.18. The predicted octanol–water partition coefficient (Wildman–Crippen LogP) is 6.17. The Morgan fingerprint density at radius 3 is 1.70 bits per heavy atom. The van der Waals surface area contributed by atoms with Crippen molar-refractivity contribution in [1.82, 2.24) is 4.90 Å². The predicted molar refractivity (Wildman–Crippen MR) is 91.3 cm³/mol. The van der Waals surface area contributed by atoms with Gasteiger partial charge in [-0.05, 0) is 32.9 Å². The van der Waals surface area contributed by atoms with Crippen LogP contribution in [0.3, 0.4) is 0 Å². The summed E-state index contributed by atoms with van der Waals surface area (Å²) in [6.45, 7) is 3.63. The first-order valence-electron chi connectivity index (χ1n) is 9.55. The van der Waals surface area contributed by atoms with Gasteiger partial charge in [0.25, 0.3) is 0 Å². The molecule has 1 rings (SSSR count). The molecule has 1 unspecified atom stereocenters. The van der Waals surface area contributed by atoms with E-state index in [1.807, 2.05) is 0 Å². The smallest absolute Gasteiger partial charge is 0.00926 e. The van der Waals surface area contributed by atoms with Crippen molar-refractivity contribution < 1.29 is 0 Å². The summed E-state index contributed by atoms with van der Waals surface area (Å²) in [4.78, 5) is 2.57. The molecule has 0 aromatic heterocycles. The first-order valence-corrected chi connectivity index (χ1v) is 9.55. The summed E-state index contributed by atoms with van der Waals surface area (Å²) in [6.07, 6.45) is 21.9. The molecule has 120 valence electrons. The van der Waals surface area contributed by atoms with E-state index in [9.17, 15) is 0 Å². The van der Waals surface area contributed by atoms with Gasteiger partial charge in [0.05, 0.1) is 0 Å². The number of hydrogen-bond acceptors (Lipinski definition) is 1. The second-order valence-corrected chi connectivity index (χ2v) is 6.95. The van der Waals surface area contributed by atoms with E-state index in [1.165, 1.54) is 103 Å². The number of unbranched alkanes of at least 4 members (excludes halogenated alkanes) is 11. The Morgan fingerprint density at radius 2 is 1.25 bits per heavy atom. The molecule has 1 atom stereocenters. The van der Waals surface area contributed by atoms with Crippen molar-refractivity contribution >= 4 is 0 Å². The minimum absolute atomic E-state index is 0.915. The maximum atomic E-state index is 2.57. The van der Waals surface area contributed by atoms with Gasteiger partial charge in [0.15, 0.2) is 0 Å². The molecule has 0 aromatic carbocycles. The third-order valence-electron chi connectivity index (χ3n) is 5.06. The van der Waals surface area contributed by atoms with Gasteiger partial charge in [-0.2, -0.15) is 0 Å². The molecule has 0 amide bonds. The molecule has 1 saturated heterocycles. The van der Waals surface area contributed by atoms with Crippen LogP contribution in [0.15, 0.2) is 0 Å². The first kappa shape index (κ1) is 18.0. The zero-order valence-corrected chi connectivity index (χ0v) is 14.3. The minimum atomic E-state index is 0.915. The largest absolute Gasteiger partial charge is 0.303 e. The second-order valence-electron chi connectivity index (χ2n) is 6.95. The highest BCUT2D eigenvalue weighted by Crippen LogP contribution is 2.20. The molecule has 0 spiro atoms. The highest BCUT2D eigenvalue weighted by atomic mass is 15.1. The fourth-order valence-corrected chi connectivity index (χ4v) is 3.56. The van der Waals surface area contributed by atoms with Crippen LogP contribution in [0, 0.1) is 0 Å². The van der Waals surface area contributed by atoms with Crippen molar-refractivity contribution in [3.8, 4) is 0 Å². The third-order valence-corrected chi connectivity index (χ3v) is 5.06. The molecule has 0 radical (unpaired) electrons. The van der Waals surface area contributed by atoms with Gasteiger partial charge in [0.1, 0.15) is 0 Å². The van der Waals surface area contributed by atoms with Gasteiger partial charge >= 0.3 is 0 Å². The van der Waals surface area contributed by atoms with Gasteiger partial charge in [-0.3, -0.25) is 0 Å². The molecule has 0 aromatic rings. The summed E-state index contributed by atoms with van der Waals surface area (Å²) in [7, 11) is 2.30. The van der Waals surface area contributed by atoms with Crippen molar-refractivity contribution in [2.75, 3.05) is 13.6 Å². The normalized spacial score (nSPS) is 19.8. The highest BCUT2D eigenvalue weighted by molar-refractivity contribution is 4.75. The summed E-state index contributed by atoms with van der Waals surface area (Å²) < 4.78 is 0. The lowest BCUT2D eigenvalue weighted by molar-refractivity contribution is 0.289. The van der Waals surface area contributed by atoms with Crippen LogP contribution in [0.2, 0.25) is 0 Å². The van der Waals surface area contributed by atoms with E-state index in [0.29, 0.717) is 0 Å². The van der Waals surface area contributed by atoms with Crippen LogP contribution in [0.1, 0.15) is 103 Å². The van der Waals surface area contributed by atoms with E-state index in [4.69, 9.17) is 0 Å². The Morgan fingerprint density at radius 1 is 0.750 bits per heavy atom. The summed E-state index contributed by atoms with van der Waals surface area (Å²) in [5.74, 6) is 0. The lowest BCUT2D eigenvalue weighted by atomic mass is 10.0. The molecule has 1 fully saturated rings. The Kier molecular flexibility index (Phi) is 11.4. The number of rotatable bonds is 13. The van der Waals surface area contributed by atoms with Crippen molar-refractivity contribution in [2.24, 2.45) is 0 Å². The van der Waals surface area contributed by atoms with Crippen molar-refractivity contribution in [1.29, 1.82) is 0 Å². The van der Waals surface area contributed by atoms with Gasteiger partial charge in [-0.1, -0.05) is 84.0 Å². The summed E-state index contributed by atoms with van der Waals surface area (Å²) in [5, 5.41) is 0. The average molecular weight is 282 g/mol. The zero-order chi connectivity index (χ0) is 14.5. The summed E-state index contributed by atoms with van der Waals surface area (Å²) in [6, 6.07) is 0.915. The lowest BCUT2D eigenvalue weighted by Crippen LogP contribution is -2.24. The SMILES string of the molecule is CCCCCCCCCCCCCCC1CCCN1C. The molecule has 1 heteroatoms. The Labute approximate surface area is 128 Å². The Balaban J connectivity index is 1.72. The number of likely N-dealkylation sites (tertiary alicyclic amines) is 1. The van der Waals surface area contributed by atoms with E-state index in [-0.39, 0.29) is 0 Å². The van der Waals surface area contributed by atoms with Crippen LogP contribution in [0.4, 0.5) is 0 Å². The van der Waals surface area contributed by atoms with Gasteiger partial charge in [0, 0.05) is 6.04 Å².